The van der Waals surface area contributed by atoms with Crippen molar-refractivity contribution in [3.63, 3.8) is 0 Å². The molecule has 0 radical (unpaired) electrons. The molecule has 4 rings (SSSR count). The molecule has 9 heteroatoms. The van der Waals surface area contributed by atoms with Crippen LogP contribution < -0.4 is 4.74 Å². The van der Waals surface area contributed by atoms with Crippen molar-refractivity contribution in [2.24, 2.45) is 0 Å². The number of carbonyl (C=O) groups is 1. The van der Waals surface area contributed by atoms with Crippen molar-refractivity contribution in [2.75, 3.05) is 20.2 Å². The van der Waals surface area contributed by atoms with Crippen LogP contribution in [0.2, 0.25) is 0 Å². The lowest BCUT2D eigenvalue weighted by Gasteiger charge is -2.29. The number of para-hydroxylation sites is 1. The summed E-state index contributed by atoms with van der Waals surface area (Å²) in [6.45, 7) is 3.12. The van der Waals surface area contributed by atoms with E-state index in [-0.39, 0.29) is 11.8 Å². The molecule has 2 aromatic heterocycles. The Balaban J connectivity index is 1.43. The number of ether oxygens (including phenoxy) is 1. The van der Waals surface area contributed by atoms with Gasteiger partial charge in [-0.05, 0) is 31.9 Å². The molecule has 0 aliphatic carbocycles. The third-order valence-electron chi connectivity index (χ3n) is 4.64. The van der Waals surface area contributed by atoms with Crippen molar-refractivity contribution in [1.82, 2.24) is 25.2 Å². The minimum Gasteiger partial charge on any atom is -0.496 e. The van der Waals surface area contributed by atoms with Gasteiger partial charge in [-0.25, -0.2) is 0 Å². The summed E-state index contributed by atoms with van der Waals surface area (Å²) in [5, 5.41) is 13.3. The number of aryl methyl sites for hydroxylation is 1. The normalized spacial score (nSPS) is 15.1. The Hall–Kier alpha value is -2.81. The summed E-state index contributed by atoms with van der Waals surface area (Å²) in [5.74, 6) is 1.93. The van der Waals surface area contributed by atoms with Crippen LogP contribution >= 0.6 is 11.3 Å². The van der Waals surface area contributed by atoms with E-state index in [4.69, 9.17) is 9.26 Å². The molecule has 0 spiro atoms. The summed E-state index contributed by atoms with van der Waals surface area (Å²) in [6.07, 6.45) is 1.57. The quantitative estimate of drug-likeness (QED) is 0.681. The first-order chi connectivity index (χ1) is 13.2. The van der Waals surface area contributed by atoms with E-state index in [9.17, 15) is 4.79 Å². The van der Waals surface area contributed by atoms with Gasteiger partial charge in [0.1, 0.15) is 10.8 Å². The molecular weight excluding hydrogens is 366 g/mol. The lowest BCUT2D eigenvalue weighted by molar-refractivity contribution is 0.0709. The summed E-state index contributed by atoms with van der Waals surface area (Å²) in [4.78, 5) is 18.9. The summed E-state index contributed by atoms with van der Waals surface area (Å²) in [5.41, 5.74) is 0.776. The van der Waals surface area contributed by atoms with Crippen LogP contribution in [0.3, 0.4) is 0 Å². The fourth-order valence-corrected chi connectivity index (χ4v) is 3.85. The monoisotopic (exact) mass is 385 g/mol. The number of nitrogens with zero attached hydrogens (tertiary/aromatic N) is 5. The molecule has 1 aliphatic heterocycles. The van der Waals surface area contributed by atoms with E-state index in [0.717, 1.165) is 23.4 Å². The summed E-state index contributed by atoms with van der Waals surface area (Å²) in [7, 11) is 1.61. The van der Waals surface area contributed by atoms with Gasteiger partial charge in [0.15, 0.2) is 5.82 Å². The lowest BCUT2D eigenvalue weighted by Crippen LogP contribution is -2.38. The number of methoxy groups -OCH3 is 1. The third kappa shape index (κ3) is 3.55. The van der Waals surface area contributed by atoms with Gasteiger partial charge in [0.25, 0.3) is 11.8 Å². The number of benzene rings is 1. The van der Waals surface area contributed by atoms with E-state index in [1.807, 2.05) is 36.1 Å². The molecule has 3 aromatic rings. The minimum absolute atomic E-state index is 0.0538. The van der Waals surface area contributed by atoms with E-state index in [0.29, 0.717) is 35.6 Å². The number of hydrogen-bond donors (Lipinski definition) is 0. The number of carbonyl (C=O) groups excluding carboxylic acids is 1. The number of aromatic nitrogens is 4. The summed E-state index contributed by atoms with van der Waals surface area (Å²) in [6, 6.07) is 7.55. The van der Waals surface area contributed by atoms with Crippen LogP contribution in [0.1, 0.15) is 39.4 Å². The van der Waals surface area contributed by atoms with E-state index >= 15 is 0 Å². The van der Waals surface area contributed by atoms with Crippen LogP contribution in [0, 0.1) is 6.92 Å². The highest BCUT2D eigenvalue weighted by Gasteiger charge is 2.29. The van der Waals surface area contributed by atoms with Crippen molar-refractivity contribution in [3.05, 3.63) is 40.1 Å². The SMILES string of the molecule is COc1ccccc1-c1nc(C2CCN(C(=O)c3nnc(C)s3)CC2)no1. The molecule has 0 unspecified atom stereocenters. The Labute approximate surface area is 160 Å². The number of hydrogen-bond acceptors (Lipinski definition) is 8. The van der Waals surface area contributed by atoms with Gasteiger partial charge in [-0.2, -0.15) is 4.98 Å². The highest BCUT2D eigenvalue weighted by atomic mass is 32.1. The molecule has 3 heterocycles. The molecule has 1 fully saturated rings. The smallest absolute Gasteiger partial charge is 0.284 e. The zero-order valence-corrected chi connectivity index (χ0v) is 15.9. The van der Waals surface area contributed by atoms with Crippen molar-refractivity contribution in [2.45, 2.75) is 25.7 Å². The number of piperidine rings is 1. The topological polar surface area (TPSA) is 94.2 Å². The van der Waals surface area contributed by atoms with Crippen LogP contribution in [-0.2, 0) is 0 Å². The highest BCUT2D eigenvalue weighted by Crippen LogP contribution is 2.32. The van der Waals surface area contributed by atoms with Gasteiger partial charge in [0, 0.05) is 19.0 Å². The zero-order chi connectivity index (χ0) is 18.8. The van der Waals surface area contributed by atoms with Crippen LogP contribution in [0.15, 0.2) is 28.8 Å². The molecule has 0 atom stereocenters. The first-order valence-corrected chi connectivity index (χ1v) is 9.53. The van der Waals surface area contributed by atoms with Gasteiger partial charge in [0.2, 0.25) is 5.01 Å². The maximum Gasteiger partial charge on any atom is 0.284 e. The van der Waals surface area contributed by atoms with Gasteiger partial charge >= 0.3 is 0 Å². The molecular formula is C18H19N5O3S. The van der Waals surface area contributed by atoms with E-state index in [2.05, 4.69) is 20.3 Å². The second kappa shape index (κ2) is 7.43. The average Bonchev–Trinajstić information content (AvgIpc) is 3.37. The average molecular weight is 385 g/mol. The van der Waals surface area contributed by atoms with Gasteiger partial charge in [-0.15, -0.1) is 10.2 Å². The second-order valence-corrected chi connectivity index (χ2v) is 7.53. The highest BCUT2D eigenvalue weighted by molar-refractivity contribution is 7.13. The molecule has 27 heavy (non-hydrogen) atoms. The van der Waals surface area contributed by atoms with Crippen LogP contribution in [0.5, 0.6) is 5.75 Å². The maximum atomic E-state index is 12.5. The zero-order valence-electron chi connectivity index (χ0n) is 15.1. The molecule has 1 saturated heterocycles. The van der Waals surface area contributed by atoms with Gasteiger partial charge in [-0.1, -0.05) is 28.6 Å². The predicted molar refractivity (Wildman–Crippen MR) is 98.8 cm³/mol. The molecule has 140 valence electrons. The van der Waals surface area contributed by atoms with Crippen molar-refractivity contribution in [3.8, 4) is 17.2 Å². The third-order valence-corrected chi connectivity index (χ3v) is 5.46. The standard InChI is InChI=1S/C18H19N5O3S/c1-11-20-21-17(27-11)18(24)23-9-7-12(8-10-23)15-19-16(26-22-15)13-5-3-4-6-14(13)25-2/h3-6,12H,7-10H2,1-2H3. The lowest BCUT2D eigenvalue weighted by atomic mass is 9.96. The fourth-order valence-electron chi connectivity index (χ4n) is 3.19. The Morgan fingerprint density at radius 1 is 1.26 bits per heavy atom. The number of amides is 1. The summed E-state index contributed by atoms with van der Waals surface area (Å²) >= 11 is 1.33. The van der Waals surface area contributed by atoms with E-state index < -0.39 is 0 Å². The maximum absolute atomic E-state index is 12.5. The van der Waals surface area contributed by atoms with Gasteiger partial charge in [0.05, 0.1) is 12.7 Å². The first-order valence-electron chi connectivity index (χ1n) is 8.72. The Morgan fingerprint density at radius 2 is 2.04 bits per heavy atom. The fraction of sp³-hybridized carbons (Fsp3) is 0.389. The van der Waals surface area contributed by atoms with E-state index in [1.54, 1.807) is 7.11 Å². The molecule has 0 N–H and O–H groups in total. The molecule has 1 aliphatic rings. The van der Waals surface area contributed by atoms with E-state index in [1.165, 1.54) is 11.3 Å². The van der Waals surface area contributed by atoms with Crippen LogP contribution in [0.4, 0.5) is 0 Å². The first kappa shape index (κ1) is 17.6. The number of likely N-dealkylation sites (tertiary alicyclic amines) is 1. The Kier molecular flexibility index (Phi) is 4.85. The molecule has 8 nitrogen and oxygen atoms in total. The molecule has 0 bridgehead atoms. The van der Waals surface area contributed by atoms with Crippen LogP contribution in [-0.4, -0.2) is 51.3 Å². The van der Waals surface area contributed by atoms with Crippen molar-refractivity contribution in [1.29, 1.82) is 0 Å². The second-order valence-electron chi connectivity index (χ2n) is 6.35. The number of rotatable bonds is 4. The predicted octanol–water partition coefficient (Wildman–Crippen LogP) is 2.92. The van der Waals surface area contributed by atoms with Crippen molar-refractivity contribution >= 4 is 17.2 Å². The Bertz CT molecular complexity index is 946. The Morgan fingerprint density at radius 3 is 2.74 bits per heavy atom. The summed E-state index contributed by atoms with van der Waals surface area (Å²) < 4.78 is 10.8. The van der Waals surface area contributed by atoms with Crippen LogP contribution in [0.25, 0.3) is 11.5 Å². The molecule has 1 amide bonds. The molecule has 0 saturated carbocycles. The molecule has 1 aromatic carbocycles. The largest absolute Gasteiger partial charge is 0.496 e. The van der Waals surface area contributed by atoms with Crippen molar-refractivity contribution < 1.29 is 14.1 Å². The van der Waals surface area contributed by atoms with Gasteiger partial charge < -0.3 is 14.2 Å². The van der Waals surface area contributed by atoms with Gasteiger partial charge in [-0.3, -0.25) is 4.79 Å². The minimum atomic E-state index is -0.0538.